The van der Waals surface area contributed by atoms with Crippen molar-refractivity contribution in [1.29, 1.82) is 5.26 Å². The minimum atomic E-state index is -0.551. The summed E-state index contributed by atoms with van der Waals surface area (Å²) in [6.07, 6.45) is 0.958. The topological polar surface area (TPSA) is 134 Å². The second-order valence-electron chi connectivity index (χ2n) is 11.7. The predicted octanol–water partition coefficient (Wildman–Crippen LogP) is 6.34. The average Bonchev–Trinajstić information content (AvgIpc) is 3.43. The molecule has 0 fully saturated rings. The number of nitriles is 1. The first-order valence-electron chi connectivity index (χ1n) is 14.0. The minimum Gasteiger partial charge on any atom is -0.497 e. The average molecular weight is 615 g/mol. The highest BCUT2D eigenvalue weighted by atomic mass is 32.2. The third-order valence-electron chi connectivity index (χ3n) is 7.61. The summed E-state index contributed by atoms with van der Waals surface area (Å²) >= 11 is 2.52. The first-order chi connectivity index (χ1) is 20.5. The highest BCUT2D eigenvalue weighted by molar-refractivity contribution is 8.01. The molecule has 2 aromatic carbocycles. The molecule has 1 amide bonds. The van der Waals surface area contributed by atoms with E-state index in [4.69, 9.17) is 10.5 Å². The van der Waals surface area contributed by atoms with Crippen LogP contribution in [0.5, 0.6) is 5.75 Å². The summed E-state index contributed by atoms with van der Waals surface area (Å²) in [5, 5.41) is 22.3. The number of ether oxygens (including phenoxy) is 1. The van der Waals surface area contributed by atoms with E-state index in [0.29, 0.717) is 50.8 Å². The molecule has 2 heterocycles. The lowest BCUT2D eigenvalue weighted by atomic mass is 9.68. The molecule has 1 aliphatic carbocycles. The van der Waals surface area contributed by atoms with Crippen molar-refractivity contribution < 1.29 is 14.3 Å². The smallest absolute Gasteiger partial charge is 0.234 e. The van der Waals surface area contributed by atoms with Crippen LogP contribution in [0.15, 0.2) is 75.5 Å². The number of rotatable bonds is 8. The molecule has 11 heteroatoms. The molecule has 1 aliphatic heterocycles. The van der Waals surface area contributed by atoms with E-state index in [1.807, 2.05) is 24.3 Å². The molecule has 43 heavy (non-hydrogen) atoms. The van der Waals surface area contributed by atoms with Gasteiger partial charge < -0.3 is 15.8 Å². The Morgan fingerprint density at radius 2 is 1.88 bits per heavy atom. The van der Waals surface area contributed by atoms with Crippen molar-refractivity contribution in [2.45, 2.75) is 56.7 Å². The van der Waals surface area contributed by atoms with Crippen LogP contribution in [0.2, 0.25) is 0 Å². The number of nitrogens with one attached hydrogen (secondary N) is 1. The molecule has 1 unspecified atom stereocenters. The molecule has 0 saturated carbocycles. The normalized spacial score (nSPS) is 18.0. The fourth-order valence-corrected chi connectivity index (χ4v) is 7.16. The number of Topliss-reactive ketones (excluding diaryl/α,β-unsaturated/α-hetero) is 1. The van der Waals surface area contributed by atoms with Crippen molar-refractivity contribution >= 4 is 45.6 Å². The minimum absolute atomic E-state index is 0.00347. The zero-order valence-corrected chi connectivity index (χ0v) is 26.4. The van der Waals surface area contributed by atoms with Gasteiger partial charge in [-0.2, -0.15) is 5.26 Å². The lowest BCUT2D eigenvalue weighted by molar-refractivity contribution is -0.118. The Balaban J connectivity index is 1.44. The fourth-order valence-electron chi connectivity index (χ4n) is 5.48. The van der Waals surface area contributed by atoms with Crippen LogP contribution >= 0.6 is 23.1 Å². The van der Waals surface area contributed by atoms with Crippen molar-refractivity contribution in [2.24, 2.45) is 11.1 Å². The van der Waals surface area contributed by atoms with Crippen molar-refractivity contribution in [3.8, 4) is 11.8 Å². The lowest BCUT2D eigenvalue weighted by Crippen LogP contribution is -2.42. The third kappa shape index (κ3) is 6.31. The molecule has 2 aliphatic rings. The number of thioether (sulfide) groups is 1. The van der Waals surface area contributed by atoms with Crippen LogP contribution in [0.25, 0.3) is 0 Å². The maximum atomic E-state index is 13.8. The number of methoxy groups -OCH3 is 1. The Morgan fingerprint density at radius 3 is 2.51 bits per heavy atom. The number of carbonyl (C=O) groups excluding carboxylic acids is 2. The van der Waals surface area contributed by atoms with E-state index in [9.17, 15) is 14.9 Å². The van der Waals surface area contributed by atoms with Crippen molar-refractivity contribution in [2.75, 3.05) is 23.1 Å². The van der Waals surface area contributed by atoms with Gasteiger partial charge in [0.2, 0.25) is 11.0 Å². The first kappa shape index (κ1) is 30.3. The first-order valence-corrected chi connectivity index (χ1v) is 15.8. The summed E-state index contributed by atoms with van der Waals surface area (Å²) in [7, 11) is 1.59. The molecular formula is C32H34N6O3S2. The molecule has 9 nitrogen and oxygen atoms in total. The van der Waals surface area contributed by atoms with Crippen LogP contribution in [0.1, 0.15) is 63.5 Å². The number of aromatic nitrogens is 2. The third-order valence-corrected chi connectivity index (χ3v) is 9.65. The standard InChI is InChI=1S/C32H34N6O3S2/c1-18(2)19-6-8-20(9-7-19)27-23(16-33)29(34)38(24-14-32(3,4)15-25(39)28(24)27)30-36-37-31(43-30)42-17-26(40)35-21-10-12-22(41-5)13-11-21/h6-13,18,27H,14-15,17,34H2,1-5H3,(H,35,40). The van der Waals surface area contributed by atoms with Gasteiger partial charge in [0.15, 0.2) is 10.1 Å². The number of amides is 1. The van der Waals surface area contributed by atoms with Gasteiger partial charge in [0.1, 0.15) is 11.6 Å². The quantitative estimate of drug-likeness (QED) is 0.279. The molecule has 1 atom stereocenters. The van der Waals surface area contributed by atoms with Gasteiger partial charge >= 0.3 is 0 Å². The summed E-state index contributed by atoms with van der Waals surface area (Å²) in [5.41, 5.74) is 10.8. The Morgan fingerprint density at radius 1 is 1.19 bits per heavy atom. The highest BCUT2D eigenvalue weighted by Crippen LogP contribution is 2.50. The number of nitrogens with zero attached hydrogens (tertiary/aromatic N) is 4. The van der Waals surface area contributed by atoms with Gasteiger partial charge in [-0.3, -0.25) is 14.5 Å². The Kier molecular flexibility index (Phi) is 8.62. The number of hydrogen-bond acceptors (Lipinski definition) is 10. The van der Waals surface area contributed by atoms with Crippen LogP contribution in [-0.2, 0) is 9.59 Å². The summed E-state index contributed by atoms with van der Waals surface area (Å²) in [5.74, 6) is 0.700. The fraction of sp³-hybridized carbons (Fsp3) is 0.344. The lowest BCUT2D eigenvalue weighted by Gasteiger charge is -2.42. The van der Waals surface area contributed by atoms with Gasteiger partial charge in [-0.1, -0.05) is 75.1 Å². The Labute approximate surface area is 259 Å². The van der Waals surface area contributed by atoms with Crippen LogP contribution in [0.3, 0.4) is 0 Å². The number of anilines is 2. The summed E-state index contributed by atoms with van der Waals surface area (Å²) in [6, 6.07) is 17.5. The number of carbonyl (C=O) groups is 2. The van der Waals surface area contributed by atoms with Crippen LogP contribution in [0, 0.1) is 16.7 Å². The summed E-state index contributed by atoms with van der Waals surface area (Å²) in [6.45, 7) is 8.37. The van der Waals surface area contributed by atoms with Crippen molar-refractivity contribution in [3.05, 3.63) is 82.3 Å². The van der Waals surface area contributed by atoms with E-state index < -0.39 is 5.92 Å². The molecule has 0 saturated heterocycles. The maximum Gasteiger partial charge on any atom is 0.234 e. The number of hydrogen-bond donors (Lipinski definition) is 2. The van der Waals surface area contributed by atoms with E-state index in [1.165, 1.54) is 28.7 Å². The van der Waals surface area contributed by atoms with E-state index >= 15 is 0 Å². The molecule has 1 aromatic heterocycles. The molecule has 0 spiro atoms. The second-order valence-corrected chi connectivity index (χ2v) is 13.9. The van der Waals surface area contributed by atoms with Gasteiger partial charge in [0.05, 0.1) is 30.4 Å². The predicted molar refractivity (Wildman–Crippen MR) is 170 cm³/mol. The van der Waals surface area contributed by atoms with Crippen molar-refractivity contribution in [1.82, 2.24) is 10.2 Å². The van der Waals surface area contributed by atoms with Gasteiger partial charge in [0.25, 0.3) is 0 Å². The number of benzene rings is 2. The number of ketones is 1. The second kappa shape index (κ2) is 12.2. The molecule has 3 N–H and O–H groups in total. The van der Waals surface area contributed by atoms with E-state index in [-0.39, 0.29) is 28.7 Å². The highest BCUT2D eigenvalue weighted by Gasteiger charge is 2.45. The van der Waals surface area contributed by atoms with E-state index in [1.54, 1.807) is 36.3 Å². The monoisotopic (exact) mass is 614 g/mol. The maximum absolute atomic E-state index is 13.8. The number of allylic oxidation sites excluding steroid dienone is 3. The number of nitrogens with two attached hydrogens (primary N) is 1. The molecule has 222 valence electrons. The van der Waals surface area contributed by atoms with Crippen LogP contribution in [0.4, 0.5) is 10.8 Å². The molecule has 3 aromatic rings. The Bertz CT molecular complexity index is 1650. The van der Waals surface area contributed by atoms with Crippen LogP contribution in [-0.4, -0.2) is 34.8 Å². The zero-order valence-electron chi connectivity index (χ0n) is 24.8. The van der Waals surface area contributed by atoms with Gasteiger partial charge in [-0.25, -0.2) is 0 Å². The van der Waals surface area contributed by atoms with Crippen molar-refractivity contribution in [3.63, 3.8) is 0 Å². The van der Waals surface area contributed by atoms with Gasteiger partial charge in [-0.15, -0.1) is 10.2 Å². The molecule has 0 radical (unpaired) electrons. The van der Waals surface area contributed by atoms with E-state index in [0.717, 1.165) is 11.3 Å². The molecular weight excluding hydrogens is 581 g/mol. The Hall–Kier alpha value is -4.14. The van der Waals surface area contributed by atoms with Crippen LogP contribution < -0.4 is 20.7 Å². The largest absolute Gasteiger partial charge is 0.497 e. The van der Waals surface area contributed by atoms with E-state index in [2.05, 4.69) is 49.3 Å². The van der Waals surface area contributed by atoms with Gasteiger partial charge in [-0.05, 0) is 53.1 Å². The zero-order chi connectivity index (χ0) is 30.9. The summed E-state index contributed by atoms with van der Waals surface area (Å²) < 4.78 is 5.73. The SMILES string of the molecule is COc1ccc(NC(=O)CSc2nnc(N3C(N)=C(C#N)C(c4ccc(C(C)C)cc4)C4=C3CC(C)(C)CC4=O)s2)cc1. The molecule has 0 bridgehead atoms. The molecule has 5 rings (SSSR count). The van der Waals surface area contributed by atoms with Gasteiger partial charge in [0, 0.05) is 23.4 Å². The summed E-state index contributed by atoms with van der Waals surface area (Å²) in [4.78, 5) is 28.1.